The maximum atomic E-state index is 4.33. The van der Waals surface area contributed by atoms with Crippen molar-refractivity contribution >= 4 is 0 Å². The lowest BCUT2D eigenvalue weighted by Crippen LogP contribution is -1.98. The molecule has 1 unspecified atom stereocenters. The summed E-state index contributed by atoms with van der Waals surface area (Å²) in [5.41, 5.74) is 2.28. The SMILES string of the molecule is CC(c1cccnc1)c1ccccn1. The van der Waals surface area contributed by atoms with Gasteiger partial charge in [0.15, 0.2) is 0 Å². The number of pyridine rings is 2. The monoisotopic (exact) mass is 184 g/mol. The molecule has 2 heteroatoms. The summed E-state index contributed by atoms with van der Waals surface area (Å²) >= 11 is 0. The third kappa shape index (κ3) is 1.79. The normalized spacial score (nSPS) is 12.4. The molecule has 0 aliphatic rings. The fourth-order valence-electron chi connectivity index (χ4n) is 1.43. The molecule has 70 valence electrons. The fraction of sp³-hybridized carbons (Fsp3) is 0.167. The van der Waals surface area contributed by atoms with Gasteiger partial charge in [-0.05, 0) is 23.8 Å². The molecular weight excluding hydrogens is 172 g/mol. The molecule has 0 aliphatic carbocycles. The van der Waals surface area contributed by atoms with E-state index >= 15 is 0 Å². The third-order valence-corrected chi connectivity index (χ3v) is 2.32. The van der Waals surface area contributed by atoms with E-state index in [0.717, 1.165) is 5.69 Å². The second kappa shape index (κ2) is 4.01. The van der Waals surface area contributed by atoms with Crippen molar-refractivity contribution in [1.82, 2.24) is 9.97 Å². The maximum absolute atomic E-state index is 4.33. The quantitative estimate of drug-likeness (QED) is 0.717. The third-order valence-electron chi connectivity index (χ3n) is 2.32. The Hall–Kier alpha value is -1.70. The molecule has 0 radical (unpaired) electrons. The van der Waals surface area contributed by atoms with Crippen molar-refractivity contribution in [3.05, 3.63) is 60.2 Å². The molecular formula is C12H12N2. The molecule has 2 rings (SSSR count). The Bertz CT molecular complexity index is 344. The molecule has 2 heterocycles. The Morgan fingerprint density at radius 2 is 2.00 bits per heavy atom. The van der Waals surface area contributed by atoms with Gasteiger partial charge in [-0.1, -0.05) is 19.1 Å². The van der Waals surface area contributed by atoms with E-state index in [2.05, 4.69) is 23.0 Å². The minimum absolute atomic E-state index is 0.310. The zero-order valence-electron chi connectivity index (χ0n) is 8.09. The summed E-state index contributed by atoms with van der Waals surface area (Å²) in [4.78, 5) is 8.43. The summed E-state index contributed by atoms with van der Waals surface area (Å²) < 4.78 is 0. The highest BCUT2D eigenvalue weighted by molar-refractivity contribution is 5.24. The van der Waals surface area contributed by atoms with Crippen molar-refractivity contribution in [2.45, 2.75) is 12.8 Å². The van der Waals surface area contributed by atoms with Crippen molar-refractivity contribution in [3.63, 3.8) is 0 Å². The Morgan fingerprint density at radius 1 is 1.07 bits per heavy atom. The highest BCUT2D eigenvalue weighted by Gasteiger charge is 2.08. The topological polar surface area (TPSA) is 25.8 Å². The van der Waals surface area contributed by atoms with E-state index in [4.69, 9.17) is 0 Å². The molecule has 2 nitrogen and oxygen atoms in total. The largest absolute Gasteiger partial charge is 0.264 e. The first kappa shape index (κ1) is 8.88. The van der Waals surface area contributed by atoms with E-state index in [9.17, 15) is 0 Å². The van der Waals surface area contributed by atoms with E-state index < -0.39 is 0 Å². The molecule has 2 aromatic rings. The predicted molar refractivity (Wildman–Crippen MR) is 56.0 cm³/mol. The van der Waals surface area contributed by atoms with Gasteiger partial charge in [0.1, 0.15) is 0 Å². The molecule has 0 bridgehead atoms. The van der Waals surface area contributed by atoms with Crippen LogP contribution in [0.3, 0.4) is 0 Å². The van der Waals surface area contributed by atoms with Crippen LogP contribution in [0, 0.1) is 0 Å². The van der Waals surface area contributed by atoms with Gasteiger partial charge in [0, 0.05) is 30.2 Å². The van der Waals surface area contributed by atoms with Crippen LogP contribution in [0.1, 0.15) is 24.1 Å². The lowest BCUT2D eigenvalue weighted by Gasteiger charge is -2.09. The first-order valence-corrected chi connectivity index (χ1v) is 4.69. The summed E-state index contributed by atoms with van der Waals surface area (Å²) in [7, 11) is 0. The molecule has 0 aliphatic heterocycles. The van der Waals surface area contributed by atoms with Crippen molar-refractivity contribution in [2.75, 3.05) is 0 Å². The molecule has 0 amide bonds. The zero-order valence-corrected chi connectivity index (χ0v) is 8.09. The fourth-order valence-corrected chi connectivity index (χ4v) is 1.43. The summed E-state index contributed by atoms with van der Waals surface area (Å²) in [6.45, 7) is 2.14. The zero-order chi connectivity index (χ0) is 9.80. The second-order valence-corrected chi connectivity index (χ2v) is 3.26. The van der Waals surface area contributed by atoms with Gasteiger partial charge >= 0.3 is 0 Å². The number of hydrogen-bond donors (Lipinski definition) is 0. The molecule has 1 atom stereocenters. The van der Waals surface area contributed by atoms with Gasteiger partial charge in [-0.3, -0.25) is 9.97 Å². The van der Waals surface area contributed by atoms with E-state index in [0.29, 0.717) is 5.92 Å². The van der Waals surface area contributed by atoms with Gasteiger partial charge in [-0.2, -0.15) is 0 Å². The average molecular weight is 184 g/mol. The summed E-state index contributed by atoms with van der Waals surface area (Å²) in [5, 5.41) is 0. The van der Waals surface area contributed by atoms with Crippen molar-refractivity contribution in [2.24, 2.45) is 0 Å². The standard InChI is InChI=1S/C12H12N2/c1-10(11-5-4-7-13-9-11)12-6-2-3-8-14-12/h2-10H,1H3. The van der Waals surface area contributed by atoms with Gasteiger partial charge in [0.2, 0.25) is 0 Å². The van der Waals surface area contributed by atoms with Crippen LogP contribution < -0.4 is 0 Å². The molecule has 2 aromatic heterocycles. The lowest BCUT2D eigenvalue weighted by atomic mass is 9.99. The molecule has 0 saturated carbocycles. The van der Waals surface area contributed by atoms with Crippen LogP contribution in [0.25, 0.3) is 0 Å². The van der Waals surface area contributed by atoms with Crippen LogP contribution in [-0.4, -0.2) is 9.97 Å². The van der Waals surface area contributed by atoms with Crippen LogP contribution in [0.15, 0.2) is 48.9 Å². The van der Waals surface area contributed by atoms with Gasteiger partial charge < -0.3 is 0 Å². The lowest BCUT2D eigenvalue weighted by molar-refractivity contribution is 0.864. The van der Waals surface area contributed by atoms with E-state index in [1.54, 1.807) is 6.20 Å². The Balaban J connectivity index is 2.30. The number of aromatic nitrogens is 2. The predicted octanol–water partition coefficient (Wildman–Crippen LogP) is 2.63. The van der Waals surface area contributed by atoms with Crippen LogP contribution in [0.5, 0.6) is 0 Å². The maximum Gasteiger partial charge on any atom is 0.0476 e. The molecule has 0 aromatic carbocycles. The minimum atomic E-state index is 0.310. The van der Waals surface area contributed by atoms with Gasteiger partial charge in [-0.15, -0.1) is 0 Å². The van der Waals surface area contributed by atoms with E-state index in [-0.39, 0.29) is 0 Å². The van der Waals surface area contributed by atoms with Gasteiger partial charge in [0.05, 0.1) is 0 Å². The first-order valence-electron chi connectivity index (χ1n) is 4.69. The van der Waals surface area contributed by atoms with Gasteiger partial charge in [0.25, 0.3) is 0 Å². The molecule has 0 saturated heterocycles. The number of rotatable bonds is 2. The Labute approximate surface area is 83.7 Å². The van der Waals surface area contributed by atoms with E-state index in [1.165, 1.54) is 5.56 Å². The number of hydrogen-bond acceptors (Lipinski definition) is 2. The summed E-state index contributed by atoms with van der Waals surface area (Å²) in [6.07, 6.45) is 5.50. The highest BCUT2D eigenvalue weighted by atomic mass is 14.7. The average Bonchev–Trinajstić information content (AvgIpc) is 2.30. The second-order valence-electron chi connectivity index (χ2n) is 3.26. The Morgan fingerprint density at radius 3 is 2.64 bits per heavy atom. The number of nitrogens with zero attached hydrogens (tertiary/aromatic N) is 2. The van der Waals surface area contributed by atoms with Crippen molar-refractivity contribution in [3.8, 4) is 0 Å². The van der Waals surface area contributed by atoms with Gasteiger partial charge in [-0.25, -0.2) is 0 Å². The van der Waals surface area contributed by atoms with Crippen LogP contribution >= 0.6 is 0 Å². The summed E-state index contributed by atoms with van der Waals surface area (Å²) in [6, 6.07) is 10.0. The van der Waals surface area contributed by atoms with Crippen LogP contribution in [-0.2, 0) is 0 Å². The molecule has 0 N–H and O–H groups in total. The first-order chi connectivity index (χ1) is 6.88. The van der Waals surface area contributed by atoms with Crippen molar-refractivity contribution < 1.29 is 0 Å². The van der Waals surface area contributed by atoms with E-state index in [1.807, 2.05) is 36.7 Å². The Kier molecular flexibility index (Phi) is 2.54. The van der Waals surface area contributed by atoms with Crippen LogP contribution in [0.4, 0.5) is 0 Å². The summed E-state index contributed by atoms with van der Waals surface area (Å²) in [5.74, 6) is 0.310. The minimum Gasteiger partial charge on any atom is -0.264 e. The highest BCUT2D eigenvalue weighted by Crippen LogP contribution is 2.20. The molecule has 0 spiro atoms. The molecule has 0 fully saturated rings. The van der Waals surface area contributed by atoms with Crippen molar-refractivity contribution in [1.29, 1.82) is 0 Å². The smallest absolute Gasteiger partial charge is 0.0476 e. The van der Waals surface area contributed by atoms with Crippen LogP contribution in [0.2, 0.25) is 0 Å². The molecule has 14 heavy (non-hydrogen) atoms.